The lowest BCUT2D eigenvalue weighted by atomic mass is 9.95. The number of hydrogen-bond donors (Lipinski definition) is 2. The summed E-state index contributed by atoms with van der Waals surface area (Å²) in [6.07, 6.45) is 5.04. The Hall–Kier alpha value is -1.06. The van der Waals surface area contributed by atoms with Gasteiger partial charge in [-0.05, 0) is 69.3 Å². The number of likely N-dealkylation sites (tertiary alicyclic amines) is 2. The number of piperidine rings is 1. The number of rotatable bonds is 7. The Labute approximate surface area is 202 Å². The van der Waals surface area contributed by atoms with Crippen LogP contribution in [0.5, 0.6) is 0 Å². The average molecular weight is 548 g/mol. The summed E-state index contributed by atoms with van der Waals surface area (Å²) in [5, 5.41) is 4.22. The molecule has 0 aliphatic carbocycles. The monoisotopic (exact) mass is 547 g/mol. The number of amides is 1. The van der Waals surface area contributed by atoms with Crippen LogP contribution < -0.4 is 11.1 Å². The first-order valence-electron chi connectivity index (χ1n) is 10.9. The summed E-state index contributed by atoms with van der Waals surface area (Å²) in [6, 6.07) is 8.40. The van der Waals surface area contributed by atoms with Gasteiger partial charge in [0, 0.05) is 31.1 Å². The Morgan fingerprint density at radius 2 is 2.07 bits per heavy atom. The predicted molar refractivity (Wildman–Crippen MR) is 135 cm³/mol. The van der Waals surface area contributed by atoms with Crippen LogP contribution in [0.4, 0.5) is 0 Å². The molecule has 30 heavy (non-hydrogen) atoms. The van der Waals surface area contributed by atoms with Crippen LogP contribution >= 0.6 is 35.6 Å². The van der Waals surface area contributed by atoms with E-state index in [9.17, 15) is 4.79 Å². The van der Waals surface area contributed by atoms with Gasteiger partial charge < -0.3 is 16.0 Å². The van der Waals surface area contributed by atoms with E-state index in [1.165, 1.54) is 18.4 Å². The van der Waals surface area contributed by atoms with Crippen LogP contribution in [0.2, 0.25) is 5.02 Å². The Bertz CT molecular complexity index is 711. The second kappa shape index (κ2) is 12.7. The molecule has 6 nitrogen and oxygen atoms in total. The van der Waals surface area contributed by atoms with Gasteiger partial charge in [0.1, 0.15) is 0 Å². The minimum atomic E-state index is -0.214. The minimum absolute atomic E-state index is 0. The smallest absolute Gasteiger partial charge is 0.217 e. The largest absolute Gasteiger partial charge is 0.370 e. The van der Waals surface area contributed by atoms with Crippen LogP contribution in [0.1, 0.15) is 50.6 Å². The number of nitrogens with zero attached hydrogens (tertiary/aromatic N) is 3. The molecule has 2 aliphatic heterocycles. The molecule has 3 N–H and O–H groups in total. The van der Waals surface area contributed by atoms with E-state index in [1.807, 2.05) is 12.1 Å². The molecule has 168 valence electrons. The van der Waals surface area contributed by atoms with Gasteiger partial charge in [0.15, 0.2) is 5.96 Å². The molecular weight excluding hydrogens is 513 g/mol. The van der Waals surface area contributed by atoms with E-state index in [4.69, 9.17) is 22.3 Å². The normalized spacial score (nSPS) is 21.2. The lowest BCUT2D eigenvalue weighted by Gasteiger charge is -2.35. The summed E-state index contributed by atoms with van der Waals surface area (Å²) in [4.78, 5) is 21.2. The molecule has 1 amide bonds. The number of aliphatic imine (C=N–C) groups is 1. The Morgan fingerprint density at radius 1 is 1.30 bits per heavy atom. The standard InChI is InChI=1S/C22H34ClN5O.HI/c1-2-25-22(28-12-6-7-17(16-28)13-21(24)29)26-15-20(27-10-3-4-11-27)18-8-5-9-19(23)14-18;/h5,8-9,14,17,20H,2-4,6-7,10-13,15-16H2,1H3,(H2,24,29)(H,25,26);1H. The lowest BCUT2D eigenvalue weighted by molar-refractivity contribution is -0.119. The van der Waals surface area contributed by atoms with Crippen molar-refractivity contribution in [2.45, 2.75) is 45.1 Å². The van der Waals surface area contributed by atoms with E-state index < -0.39 is 0 Å². The van der Waals surface area contributed by atoms with Gasteiger partial charge in [0.2, 0.25) is 5.91 Å². The number of halogens is 2. The van der Waals surface area contributed by atoms with Crippen LogP contribution in [-0.4, -0.2) is 60.9 Å². The first kappa shape index (κ1) is 25.2. The molecule has 2 heterocycles. The van der Waals surface area contributed by atoms with Gasteiger partial charge in [-0.2, -0.15) is 0 Å². The summed E-state index contributed by atoms with van der Waals surface area (Å²) in [5.41, 5.74) is 6.65. The summed E-state index contributed by atoms with van der Waals surface area (Å²) in [7, 11) is 0. The Morgan fingerprint density at radius 3 is 2.73 bits per heavy atom. The van der Waals surface area contributed by atoms with Gasteiger partial charge in [-0.1, -0.05) is 23.7 Å². The number of carbonyl (C=O) groups is 1. The molecule has 1 aromatic carbocycles. The number of benzene rings is 1. The van der Waals surface area contributed by atoms with Crippen molar-refractivity contribution in [1.29, 1.82) is 0 Å². The highest BCUT2D eigenvalue weighted by molar-refractivity contribution is 14.0. The zero-order chi connectivity index (χ0) is 20.6. The fraction of sp³-hybridized carbons (Fsp3) is 0.636. The summed E-state index contributed by atoms with van der Waals surface area (Å²) in [6.45, 7) is 7.62. The van der Waals surface area contributed by atoms with Crippen molar-refractivity contribution in [3.05, 3.63) is 34.9 Å². The number of guanidine groups is 1. The van der Waals surface area contributed by atoms with Gasteiger partial charge >= 0.3 is 0 Å². The van der Waals surface area contributed by atoms with Crippen LogP contribution in [0.15, 0.2) is 29.3 Å². The zero-order valence-electron chi connectivity index (χ0n) is 17.9. The van der Waals surface area contributed by atoms with E-state index >= 15 is 0 Å². The minimum Gasteiger partial charge on any atom is -0.370 e. The highest BCUT2D eigenvalue weighted by atomic mass is 127. The average Bonchev–Trinajstić information content (AvgIpc) is 3.21. The van der Waals surface area contributed by atoms with E-state index in [2.05, 4.69) is 34.2 Å². The number of carbonyl (C=O) groups excluding carboxylic acids is 1. The molecular formula is C22H35ClIN5O. The summed E-state index contributed by atoms with van der Waals surface area (Å²) >= 11 is 6.27. The second-order valence-corrected chi connectivity index (χ2v) is 8.57. The molecule has 1 aromatic rings. The predicted octanol–water partition coefficient (Wildman–Crippen LogP) is 3.65. The number of nitrogens with two attached hydrogens (primary N) is 1. The molecule has 0 radical (unpaired) electrons. The van der Waals surface area contributed by atoms with Crippen molar-refractivity contribution in [2.75, 3.05) is 39.3 Å². The van der Waals surface area contributed by atoms with Crippen molar-refractivity contribution in [2.24, 2.45) is 16.6 Å². The van der Waals surface area contributed by atoms with Gasteiger partial charge in [-0.3, -0.25) is 14.7 Å². The third kappa shape index (κ3) is 7.27. The van der Waals surface area contributed by atoms with E-state index in [-0.39, 0.29) is 35.9 Å². The molecule has 2 saturated heterocycles. The van der Waals surface area contributed by atoms with Gasteiger partial charge in [-0.15, -0.1) is 24.0 Å². The third-order valence-electron chi connectivity index (χ3n) is 5.87. The molecule has 2 fully saturated rings. The quantitative estimate of drug-likeness (QED) is 0.311. The lowest BCUT2D eigenvalue weighted by Crippen LogP contribution is -2.47. The Kier molecular flexibility index (Phi) is 10.7. The van der Waals surface area contributed by atoms with Gasteiger partial charge in [0.05, 0.1) is 12.6 Å². The molecule has 8 heteroatoms. The van der Waals surface area contributed by atoms with Crippen LogP contribution in [0.3, 0.4) is 0 Å². The maximum Gasteiger partial charge on any atom is 0.217 e. The number of primary amides is 1. The van der Waals surface area contributed by atoms with Crippen LogP contribution in [-0.2, 0) is 4.79 Å². The Balaban J connectivity index is 0.00000320. The molecule has 2 atom stereocenters. The van der Waals surface area contributed by atoms with Crippen LogP contribution in [0, 0.1) is 5.92 Å². The van der Waals surface area contributed by atoms with E-state index in [0.717, 1.165) is 56.5 Å². The molecule has 0 bridgehead atoms. The third-order valence-corrected chi connectivity index (χ3v) is 6.11. The number of nitrogens with one attached hydrogen (secondary N) is 1. The van der Waals surface area contributed by atoms with E-state index in [1.54, 1.807) is 0 Å². The maximum atomic E-state index is 11.4. The van der Waals surface area contributed by atoms with Crippen molar-refractivity contribution in [1.82, 2.24) is 15.1 Å². The fourth-order valence-corrected chi connectivity index (χ4v) is 4.70. The highest BCUT2D eigenvalue weighted by Crippen LogP contribution is 2.27. The molecule has 2 unspecified atom stereocenters. The number of hydrogen-bond acceptors (Lipinski definition) is 3. The SMILES string of the molecule is CCNC(=NCC(c1cccc(Cl)c1)N1CCCC1)N1CCCC(CC(N)=O)C1.I. The maximum absolute atomic E-state index is 11.4. The van der Waals surface area contributed by atoms with Crippen molar-refractivity contribution < 1.29 is 4.79 Å². The van der Waals surface area contributed by atoms with Crippen molar-refractivity contribution >= 4 is 47.4 Å². The van der Waals surface area contributed by atoms with Gasteiger partial charge in [-0.25, -0.2) is 0 Å². The van der Waals surface area contributed by atoms with Crippen molar-refractivity contribution in [3.8, 4) is 0 Å². The van der Waals surface area contributed by atoms with Crippen LogP contribution in [0.25, 0.3) is 0 Å². The molecule has 0 spiro atoms. The van der Waals surface area contributed by atoms with Gasteiger partial charge in [0.25, 0.3) is 0 Å². The molecule has 0 saturated carbocycles. The first-order valence-corrected chi connectivity index (χ1v) is 11.3. The van der Waals surface area contributed by atoms with Crippen molar-refractivity contribution in [3.63, 3.8) is 0 Å². The fourth-order valence-electron chi connectivity index (χ4n) is 4.51. The summed E-state index contributed by atoms with van der Waals surface area (Å²) in [5.74, 6) is 1.04. The summed E-state index contributed by atoms with van der Waals surface area (Å²) < 4.78 is 0. The molecule has 2 aliphatic rings. The first-order chi connectivity index (χ1) is 14.1. The highest BCUT2D eigenvalue weighted by Gasteiger charge is 2.26. The molecule has 0 aromatic heterocycles. The van der Waals surface area contributed by atoms with E-state index in [0.29, 0.717) is 18.9 Å². The second-order valence-electron chi connectivity index (χ2n) is 8.13. The topological polar surface area (TPSA) is 74.0 Å². The zero-order valence-corrected chi connectivity index (χ0v) is 20.9. The molecule has 3 rings (SSSR count).